The lowest BCUT2D eigenvalue weighted by molar-refractivity contribution is 0.181. The van der Waals surface area contributed by atoms with E-state index in [0.29, 0.717) is 19.0 Å². The zero-order chi connectivity index (χ0) is 10.2. The minimum Gasteiger partial charge on any atom is -0.475 e. The quantitative estimate of drug-likeness (QED) is 0.548. The summed E-state index contributed by atoms with van der Waals surface area (Å²) < 4.78 is 5.38. The maximum atomic E-state index is 5.38. The highest BCUT2D eigenvalue weighted by molar-refractivity contribution is 5.13. The van der Waals surface area contributed by atoms with Crippen LogP contribution in [0.25, 0.3) is 0 Å². The van der Waals surface area contributed by atoms with E-state index in [-0.39, 0.29) is 0 Å². The van der Waals surface area contributed by atoms with Crippen LogP contribution in [0.2, 0.25) is 0 Å². The highest BCUT2D eigenvalue weighted by Crippen LogP contribution is 2.02. The predicted molar refractivity (Wildman–Crippen MR) is 58.6 cm³/mol. The van der Waals surface area contributed by atoms with Gasteiger partial charge in [-0.15, -0.1) is 6.58 Å². The maximum absolute atomic E-state index is 5.38. The number of benzene rings is 1. The van der Waals surface area contributed by atoms with Crippen molar-refractivity contribution in [2.75, 3.05) is 6.54 Å². The predicted octanol–water partition coefficient (Wildman–Crippen LogP) is 2.45. The molecule has 0 heterocycles. The second kappa shape index (κ2) is 5.86. The van der Waals surface area contributed by atoms with E-state index in [1.165, 1.54) is 0 Å². The highest BCUT2D eigenvalue weighted by Gasteiger charge is 1.93. The molecule has 1 N–H and O–H groups in total. The number of hydrogen-bond donors (Lipinski definition) is 1. The lowest BCUT2D eigenvalue weighted by atomic mass is 10.2. The van der Waals surface area contributed by atoms with Crippen LogP contribution >= 0.6 is 0 Å². The van der Waals surface area contributed by atoms with E-state index in [1.807, 2.05) is 30.3 Å². The molecule has 0 saturated heterocycles. The van der Waals surface area contributed by atoms with Crippen molar-refractivity contribution < 1.29 is 4.74 Å². The zero-order valence-electron chi connectivity index (χ0n) is 8.20. The molecule has 0 bridgehead atoms. The van der Waals surface area contributed by atoms with Gasteiger partial charge in [0.15, 0.2) is 5.88 Å². The van der Waals surface area contributed by atoms with Gasteiger partial charge < -0.3 is 10.1 Å². The molecule has 0 aliphatic heterocycles. The minimum atomic E-state index is 0.545. The fourth-order valence-electron chi connectivity index (χ4n) is 0.982. The number of ether oxygens (including phenoxy) is 1. The molecule has 0 aliphatic rings. The summed E-state index contributed by atoms with van der Waals surface area (Å²) in [6.45, 7) is 8.54. The fraction of sp³-hybridized carbons (Fsp3) is 0.167. The minimum absolute atomic E-state index is 0.545. The van der Waals surface area contributed by atoms with Crippen LogP contribution in [0.5, 0.6) is 0 Å². The van der Waals surface area contributed by atoms with E-state index in [2.05, 4.69) is 18.5 Å². The second-order valence-electron chi connectivity index (χ2n) is 2.87. The molecule has 0 aromatic heterocycles. The van der Waals surface area contributed by atoms with Crippen LogP contribution in [0.3, 0.4) is 0 Å². The summed E-state index contributed by atoms with van der Waals surface area (Å²) in [6, 6.07) is 9.98. The summed E-state index contributed by atoms with van der Waals surface area (Å²) in [5.74, 6) is 0.578. The van der Waals surface area contributed by atoms with Gasteiger partial charge in [-0.3, -0.25) is 0 Å². The summed E-state index contributed by atoms with van der Waals surface area (Å²) in [4.78, 5) is 0. The molecule has 1 aromatic carbocycles. The lowest BCUT2D eigenvalue weighted by Gasteiger charge is -2.09. The molecular formula is C12H15NO. The monoisotopic (exact) mass is 189 g/mol. The van der Waals surface area contributed by atoms with E-state index in [0.717, 1.165) is 5.56 Å². The average Bonchev–Trinajstić information content (AvgIpc) is 2.25. The topological polar surface area (TPSA) is 21.3 Å². The third-order valence-electron chi connectivity index (χ3n) is 1.70. The number of rotatable bonds is 6. The second-order valence-corrected chi connectivity index (χ2v) is 2.87. The van der Waals surface area contributed by atoms with Crippen LogP contribution in [0.1, 0.15) is 5.56 Å². The highest BCUT2D eigenvalue weighted by atomic mass is 16.5. The van der Waals surface area contributed by atoms with Crippen molar-refractivity contribution in [2.45, 2.75) is 6.61 Å². The molecule has 0 amide bonds. The molecule has 1 aromatic rings. The first-order valence-corrected chi connectivity index (χ1v) is 4.53. The molecule has 0 atom stereocenters. The third kappa shape index (κ3) is 3.81. The fourth-order valence-corrected chi connectivity index (χ4v) is 0.982. The van der Waals surface area contributed by atoms with Gasteiger partial charge in [0.1, 0.15) is 6.61 Å². The van der Waals surface area contributed by atoms with Crippen LogP contribution in [0, 0.1) is 0 Å². The normalized spacial score (nSPS) is 9.14. The first-order valence-electron chi connectivity index (χ1n) is 4.53. The largest absolute Gasteiger partial charge is 0.475 e. The lowest BCUT2D eigenvalue weighted by Crippen LogP contribution is -2.14. The van der Waals surface area contributed by atoms with Crippen LogP contribution in [0.15, 0.2) is 55.4 Å². The zero-order valence-corrected chi connectivity index (χ0v) is 8.20. The average molecular weight is 189 g/mol. The van der Waals surface area contributed by atoms with Crippen LogP contribution in [-0.2, 0) is 11.3 Å². The van der Waals surface area contributed by atoms with Gasteiger partial charge in [0.05, 0.1) is 0 Å². The first-order chi connectivity index (χ1) is 6.83. The van der Waals surface area contributed by atoms with Gasteiger partial charge in [0, 0.05) is 6.54 Å². The molecule has 0 saturated carbocycles. The smallest absolute Gasteiger partial charge is 0.179 e. The Labute approximate surface area is 84.9 Å². The maximum Gasteiger partial charge on any atom is 0.179 e. The molecule has 14 heavy (non-hydrogen) atoms. The van der Waals surface area contributed by atoms with E-state index in [4.69, 9.17) is 4.74 Å². The van der Waals surface area contributed by atoms with E-state index in [9.17, 15) is 0 Å². The molecule has 2 heteroatoms. The van der Waals surface area contributed by atoms with Crippen LogP contribution in [-0.4, -0.2) is 6.54 Å². The molecule has 74 valence electrons. The molecule has 0 aliphatic carbocycles. The van der Waals surface area contributed by atoms with Crippen LogP contribution < -0.4 is 5.32 Å². The van der Waals surface area contributed by atoms with E-state index < -0.39 is 0 Å². The summed E-state index contributed by atoms with van der Waals surface area (Å²) >= 11 is 0. The summed E-state index contributed by atoms with van der Waals surface area (Å²) in [6.07, 6.45) is 1.76. The Bertz CT molecular complexity index is 292. The first kappa shape index (κ1) is 10.4. The summed E-state index contributed by atoms with van der Waals surface area (Å²) in [5, 5.41) is 2.97. The Morgan fingerprint density at radius 2 is 2.07 bits per heavy atom. The molecule has 0 unspecified atom stereocenters. The number of hydrogen-bond acceptors (Lipinski definition) is 2. The Morgan fingerprint density at radius 1 is 1.36 bits per heavy atom. The third-order valence-corrected chi connectivity index (χ3v) is 1.70. The molecular weight excluding hydrogens is 174 g/mol. The molecule has 0 spiro atoms. The van der Waals surface area contributed by atoms with Crippen molar-refractivity contribution in [3.8, 4) is 0 Å². The van der Waals surface area contributed by atoms with Gasteiger partial charge in [-0.25, -0.2) is 0 Å². The molecule has 1 rings (SSSR count). The van der Waals surface area contributed by atoms with Crippen LogP contribution in [0.4, 0.5) is 0 Å². The van der Waals surface area contributed by atoms with Crippen molar-refractivity contribution in [1.29, 1.82) is 0 Å². The summed E-state index contributed by atoms with van der Waals surface area (Å²) in [7, 11) is 0. The van der Waals surface area contributed by atoms with E-state index in [1.54, 1.807) is 6.08 Å². The van der Waals surface area contributed by atoms with Gasteiger partial charge in [0.25, 0.3) is 0 Å². The van der Waals surface area contributed by atoms with Gasteiger partial charge in [-0.05, 0) is 12.1 Å². The molecule has 0 fully saturated rings. The van der Waals surface area contributed by atoms with Crippen molar-refractivity contribution >= 4 is 0 Å². The van der Waals surface area contributed by atoms with Crippen molar-refractivity contribution in [2.24, 2.45) is 0 Å². The summed E-state index contributed by atoms with van der Waals surface area (Å²) in [5.41, 5.74) is 1.13. The molecule has 2 nitrogen and oxygen atoms in total. The van der Waals surface area contributed by atoms with Crippen molar-refractivity contribution in [3.63, 3.8) is 0 Å². The number of nitrogens with one attached hydrogen (secondary N) is 1. The molecule has 0 radical (unpaired) electrons. The Morgan fingerprint density at radius 3 is 2.71 bits per heavy atom. The van der Waals surface area contributed by atoms with Crippen molar-refractivity contribution in [3.05, 3.63) is 61.0 Å². The Hall–Kier alpha value is -1.70. The Kier molecular flexibility index (Phi) is 4.35. The van der Waals surface area contributed by atoms with Gasteiger partial charge in [0.2, 0.25) is 0 Å². The van der Waals surface area contributed by atoms with Gasteiger partial charge in [-0.1, -0.05) is 36.4 Å². The standard InChI is InChI=1S/C12H15NO/c1-3-9-13-11(2)14-10-12-7-5-4-6-8-12/h3-8,13H,1-2,9-10H2. The van der Waals surface area contributed by atoms with E-state index >= 15 is 0 Å². The van der Waals surface area contributed by atoms with Crippen molar-refractivity contribution in [1.82, 2.24) is 5.32 Å². The SMILES string of the molecule is C=CCNC(=C)OCc1ccccc1. The van der Waals surface area contributed by atoms with Gasteiger partial charge >= 0.3 is 0 Å². The Balaban J connectivity index is 2.27. The van der Waals surface area contributed by atoms with Gasteiger partial charge in [-0.2, -0.15) is 0 Å².